The molecular weight excluding hydrogens is 208 g/mol. The van der Waals surface area contributed by atoms with Gasteiger partial charge in [0.05, 0.1) is 13.3 Å². The molecule has 0 saturated carbocycles. The van der Waals surface area contributed by atoms with Crippen molar-refractivity contribution >= 4 is 6.01 Å². The SMILES string of the molecule is COc1ccccc1OCc1cnc(N)o1. The molecule has 0 amide bonds. The Morgan fingerprint density at radius 3 is 2.69 bits per heavy atom. The van der Waals surface area contributed by atoms with Gasteiger partial charge in [0.25, 0.3) is 6.01 Å². The third-order valence-corrected chi connectivity index (χ3v) is 2.01. The molecule has 0 spiro atoms. The fourth-order valence-corrected chi connectivity index (χ4v) is 1.28. The van der Waals surface area contributed by atoms with Gasteiger partial charge in [-0.1, -0.05) is 12.1 Å². The maximum Gasteiger partial charge on any atom is 0.292 e. The summed E-state index contributed by atoms with van der Waals surface area (Å²) in [5.74, 6) is 1.90. The van der Waals surface area contributed by atoms with Gasteiger partial charge < -0.3 is 19.6 Å². The Morgan fingerprint density at radius 2 is 2.06 bits per heavy atom. The van der Waals surface area contributed by atoms with E-state index in [4.69, 9.17) is 19.6 Å². The highest BCUT2D eigenvalue weighted by Crippen LogP contribution is 2.26. The molecule has 0 aliphatic heterocycles. The van der Waals surface area contributed by atoms with E-state index < -0.39 is 0 Å². The summed E-state index contributed by atoms with van der Waals surface area (Å²) in [5, 5.41) is 0. The standard InChI is InChI=1S/C11H12N2O3/c1-14-9-4-2-3-5-10(9)15-7-8-6-13-11(12)16-8/h2-6H,7H2,1H3,(H2,12,13). The van der Waals surface area contributed by atoms with E-state index in [0.29, 0.717) is 17.3 Å². The second-order valence-corrected chi connectivity index (χ2v) is 3.10. The average molecular weight is 220 g/mol. The zero-order valence-electron chi connectivity index (χ0n) is 8.84. The Kier molecular flexibility index (Phi) is 2.95. The number of anilines is 1. The van der Waals surface area contributed by atoms with Crippen LogP contribution in [0.2, 0.25) is 0 Å². The van der Waals surface area contributed by atoms with Crippen molar-refractivity contribution in [1.29, 1.82) is 0 Å². The van der Waals surface area contributed by atoms with Crippen LogP contribution >= 0.6 is 0 Å². The molecule has 2 N–H and O–H groups in total. The maximum atomic E-state index is 5.51. The normalized spacial score (nSPS) is 10.1. The third kappa shape index (κ3) is 2.25. The van der Waals surface area contributed by atoms with Crippen molar-refractivity contribution in [2.75, 3.05) is 12.8 Å². The summed E-state index contributed by atoms with van der Waals surface area (Å²) in [6, 6.07) is 7.52. The fourth-order valence-electron chi connectivity index (χ4n) is 1.28. The van der Waals surface area contributed by atoms with Crippen molar-refractivity contribution < 1.29 is 13.9 Å². The van der Waals surface area contributed by atoms with Crippen molar-refractivity contribution in [3.05, 3.63) is 36.2 Å². The molecule has 0 bridgehead atoms. The van der Waals surface area contributed by atoms with Gasteiger partial charge in [-0.25, -0.2) is 4.98 Å². The van der Waals surface area contributed by atoms with Crippen LogP contribution in [0.15, 0.2) is 34.9 Å². The second-order valence-electron chi connectivity index (χ2n) is 3.10. The van der Waals surface area contributed by atoms with E-state index in [0.717, 1.165) is 0 Å². The molecule has 2 aromatic rings. The lowest BCUT2D eigenvalue weighted by molar-refractivity contribution is 0.258. The van der Waals surface area contributed by atoms with Crippen molar-refractivity contribution in [1.82, 2.24) is 4.98 Å². The minimum absolute atomic E-state index is 0.138. The van der Waals surface area contributed by atoms with Crippen LogP contribution in [0.25, 0.3) is 0 Å². The first-order chi connectivity index (χ1) is 7.79. The van der Waals surface area contributed by atoms with Gasteiger partial charge in [-0.3, -0.25) is 0 Å². The molecule has 16 heavy (non-hydrogen) atoms. The van der Waals surface area contributed by atoms with Crippen LogP contribution < -0.4 is 15.2 Å². The van der Waals surface area contributed by atoms with Crippen LogP contribution in [-0.2, 0) is 6.61 Å². The summed E-state index contributed by atoms with van der Waals surface area (Å²) in [4.78, 5) is 3.77. The van der Waals surface area contributed by atoms with Gasteiger partial charge in [0.2, 0.25) is 0 Å². The summed E-state index contributed by atoms with van der Waals surface area (Å²) >= 11 is 0. The fraction of sp³-hybridized carbons (Fsp3) is 0.182. The molecule has 0 aliphatic rings. The van der Waals surface area contributed by atoms with Gasteiger partial charge >= 0.3 is 0 Å². The molecule has 84 valence electrons. The molecule has 5 heteroatoms. The quantitative estimate of drug-likeness (QED) is 0.851. The summed E-state index contributed by atoms with van der Waals surface area (Å²) in [6.45, 7) is 0.268. The maximum absolute atomic E-state index is 5.51. The van der Waals surface area contributed by atoms with Gasteiger partial charge in [0.1, 0.15) is 6.61 Å². The van der Waals surface area contributed by atoms with Crippen molar-refractivity contribution in [2.24, 2.45) is 0 Å². The minimum Gasteiger partial charge on any atom is -0.493 e. The molecule has 0 fully saturated rings. The highest BCUT2D eigenvalue weighted by molar-refractivity contribution is 5.39. The second kappa shape index (κ2) is 4.57. The Hall–Kier alpha value is -2.17. The number of nitrogens with zero attached hydrogens (tertiary/aromatic N) is 1. The smallest absolute Gasteiger partial charge is 0.292 e. The number of aromatic nitrogens is 1. The van der Waals surface area contributed by atoms with Crippen LogP contribution in [0.1, 0.15) is 5.76 Å². The summed E-state index contributed by atoms with van der Waals surface area (Å²) in [6.07, 6.45) is 1.53. The monoisotopic (exact) mass is 220 g/mol. The predicted molar refractivity (Wildman–Crippen MR) is 58.2 cm³/mol. The zero-order valence-corrected chi connectivity index (χ0v) is 8.84. The number of hydrogen-bond acceptors (Lipinski definition) is 5. The lowest BCUT2D eigenvalue weighted by Gasteiger charge is -2.08. The predicted octanol–water partition coefficient (Wildman–Crippen LogP) is 1.84. The van der Waals surface area contributed by atoms with Crippen LogP contribution in [0.4, 0.5) is 6.01 Å². The van der Waals surface area contributed by atoms with Crippen molar-refractivity contribution in [2.45, 2.75) is 6.61 Å². The van der Waals surface area contributed by atoms with E-state index >= 15 is 0 Å². The first-order valence-electron chi connectivity index (χ1n) is 4.75. The van der Waals surface area contributed by atoms with Crippen molar-refractivity contribution in [3.63, 3.8) is 0 Å². The Morgan fingerprint density at radius 1 is 1.31 bits per heavy atom. The van der Waals surface area contributed by atoms with Gasteiger partial charge in [-0.2, -0.15) is 0 Å². The molecule has 0 radical (unpaired) electrons. The number of nitrogen functional groups attached to an aromatic ring is 1. The molecule has 0 atom stereocenters. The Balaban J connectivity index is 2.04. The number of hydrogen-bond donors (Lipinski definition) is 1. The van der Waals surface area contributed by atoms with Gasteiger partial charge in [-0.05, 0) is 12.1 Å². The zero-order chi connectivity index (χ0) is 11.4. The van der Waals surface area contributed by atoms with E-state index in [2.05, 4.69) is 4.98 Å². The Labute approximate surface area is 92.8 Å². The lowest BCUT2D eigenvalue weighted by atomic mass is 10.3. The van der Waals surface area contributed by atoms with Gasteiger partial charge in [-0.15, -0.1) is 0 Å². The summed E-state index contributed by atoms with van der Waals surface area (Å²) in [5.41, 5.74) is 5.35. The number of ether oxygens (including phenoxy) is 2. The molecule has 2 rings (SSSR count). The van der Waals surface area contributed by atoms with Crippen molar-refractivity contribution in [3.8, 4) is 11.5 Å². The molecule has 1 aromatic heterocycles. The van der Waals surface area contributed by atoms with Gasteiger partial charge in [0.15, 0.2) is 17.3 Å². The minimum atomic E-state index is 0.138. The van der Waals surface area contributed by atoms with Crippen LogP contribution in [0.5, 0.6) is 11.5 Å². The number of benzene rings is 1. The molecule has 1 heterocycles. The first kappa shape index (κ1) is 10.4. The van der Waals surface area contributed by atoms with Crippen LogP contribution in [-0.4, -0.2) is 12.1 Å². The highest BCUT2D eigenvalue weighted by Gasteiger charge is 2.05. The van der Waals surface area contributed by atoms with E-state index in [-0.39, 0.29) is 12.6 Å². The number of rotatable bonds is 4. The first-order valence-corrected chi connectivity index (χ1v) is 4.75. The molecule has 5 nitrogen and oxygen atoms in total. The lowest BCUT2D eigenvalue weighted by Crippen LogP contribution is -1.96. The number of para-hydroxylation sites is 2. The summed E-state index contributed by atoms with van der Waals surface area (Å²) < 4.78 is 15.7. The molecule has 0 aliphatic carbocycles. The topological polar surface area (TPSA) is 70.5 Å². The molecule has 1 aromatic carbocycles. The Bertz CT molecular complexity index is 468. The number of nitrogens with two attached hydrogens (primary N) is 1. The van der Waals surface area contributed by atoms with Crippen LogP contribution in [0.3, 0.4) is 0 Å². The van der Waals surface area contributed by atoms with E-state index in [1.807, 2.05) is 24.3 Å². The average Bonchev–Trinajstić information content (AvgIpc) is 2.73. The van der Waals surface area contributed by atoms with E-state index in [1.54, 1.807) is 7.11 Å². The third-order valence-electron chi connectivity index (χ3n) is 2.01. The summed E-state index contributed by atoms with van der Waals surface area (Å²) in [7, 11) is 1.59. The molecular formula is C11H12N2O3. The molecule has 0 unspecified atom stereocenters. The number of methoxy groups -OCH3 is 1. The highest BCUT2D eigenvalue weighted by atomic mass is 16.5. The largest absolute Gasteiger partial charge is 0.493 e. The van der Waals surface area contributed by atoms with E-state index in [9.17, 15) is 0 Å². The molecule has 0 saturated heterocycles. The number of oxazole rings is 1. The van der Waals surface area contributed by atoms with Gasteiger partial charge in [0, 0.05) is 0 Å². The van der Waals surface area contributed by atoms with E-state index in [1.165, 1.54) is 6.20 Å². The van der Waals surface area contributed by atoms with Crippen LogP contribution in [0, 0.1) is 0 Å².